The third kappa shape index (κ3) is 1.11. The summed E-state index contributed by atoms with van der Waals surface area (Å²) < 4.78 is 6.86. The molecule has 0 aliphatic carbocycles. The number of rotatable bonds is 1. The van der Waals surface area contributed by atoms with Gasteiger partial charge in [-0.2, -0.15) is 10.4 Å². The van der Waals surface area contributed by atoms with Gasteiger partial charge in [-0.3, -0.25) is 0 Å². The number of hydrogen-bond acceptors (Lipinski definition) is 3. The summed E-state index contributed by atoms with van der Waals surface area (Å²) in [6.07, 6.45) is 3.40. The average molecular weight is 187 g/mol. The van der Waals surface area contributed by atoms with E-state index >= 15 is 0 Å². The number of pyridine rings is 1. The van der Waals surface area contributed by atoms with Gasteiger partial charge in [0.2, 0.25) is 0 Å². The van der Waals surface area contributed by atoms with Crippen molar-refractivity contribution >= 4 is 5.52 Å². The van der Waals surface area contributed by atoms with Gasteiger partial charge in [0.1, 0.15) is 22.9 Å². The number of methoxy groups -OCH3 is 1. The molecule has 2 aromatic rings. The Hall–Kier alpha value is -2.02. The van der Waals surface area contributed by atoms with E-state index in [-0.39, 0.29) is 0 Å². The summed E-state index contributed by atoms with van der Waals surface area (Å²) in [7, 11) is 1.59. The topological polar surface area (TPSA) is 50.3 Å². The first kappa shape index (κ1) is 8.57. The first-order valence-electron chi connectivity index (χ1n) is 4.18. The molecule has 0 spiro atoms. The van der Waals surface area contributed by atoms with Crippen molar-refractivity contribution in [3.8, 4) is 11.8 Å². The van der Waals surface area contributed by atoms with Crippen molar-refractivity contribution in [1.29, 1.82) is 5.26 Å². The molecule has 0 atom stereocenters. The lowest BCUT2D eigenvalue weighted by molar-refractivity contribution is 0.417. The van der Waals surface area contributed by atoms with Crippen molar-refractivity contribution in [3.63, 3.8) is 0 Å². The number of nitriles is 1. The molecule has 0 radical (unpaired) electrons. The van der Waals surface area contributed by atoms with Crippen LogP contribution < -0.4 is 4.74 Å². The second kappa shape index (κ2) is 3.04. The van der Waals surface area contributed by atoms with Gasteiger partial charge in [0.05, 0.1) is 13.3 Å². The van der Waals surface area contributed by atoms with Crippen LogP contribution in [0.3, 0.4) is 0 Å². The molecule has 0 fully saturated rings. The fourth-order valence-corrected chi connectivity index (χ4v) is 1.45. The highest BCUT2D eigenvalue weighted by atomic mass is 16.5. The Kier molecular flexibility index (Phi) is 1.86. The van der Waals surface area contributed by atoms with E-state index in [2.05, 4.69) is 11.2 Å². The fraction of sp³-hybridized carbons (Fsp3) is 0.200. The normalized spacial score (nSPS) is 10.1. The molecular formula is C10H9N3O. The quantitative estimate of drug-likeness (QED) is 0.680. The van der Waals surface area contributed by atoms with Crippen molar-refractivity contribution in [3.05, 3.63) is 29.6 Å². The van der Waals surface area contributed by atoms with Crippen LogP contribution in [0.1, 0.15) is 11.1 Å². The van der Waals surface area contributed by atoms with Gasteiger partial charge in [0.15, 0.2) is 0 Å². The number of hydrogen-bond donors (Lipinski definition) is 0. The van der Waals surface area contributed by atoms with E-state index in [1.54, 1.807) is 11.6 Å². The van der Waals surface area contributed by atoms with Crippen LogP contribution in [0.15, 0.2) is 18.5 Å². The second-order valence-corrected chi connectivity index (χ2v) is 3.05. The van der Waals surface area contributed by atoms with E-state index < -0.39 is 0 Å². The summed E-state index contributed by atoms with van der Waals surface area (Å²) in [5, 5.41) is 12.9. The molecular weight excluding hydrogens is 178 g/mol. The third-order valence-corrected chi connectivity index (χ3v) is 2.05. The smallest absolute Gasteiger partial charge is 0.146 e. The first-order valence-corrected chi connectivity index (χ1v) is 4.18. The van der Waals surface area contributed by atoms with E-state index in [4.69, 9.17) is 10.00 Å². The molecule has 2 aromatic heterocycles. The van der Waals surface area contributed by atoms with Crippen LogP contribution in [-0.2, 0) is 0 Å². The van der Waals surface area contributed by atoms with Crippen LogP contribution in [-0.4, -0.2) is 16.7 Å². The molecule has 0 aromatic carbocycles. The summed E-state index contributed by atoms with van der Waals surface area (Å²) in [4.78, 5) is 0. The molecule has 14 heavy (non-hydrogen) atoms. The summed E-state index contributed by atoms with van der Waals surface area (Å²) in [5.74, 6) is 0.680. The molecule has 0 saturated carbocycles. The molecule has 70 valence electrons. The minimum absolute atomic E-state index is 0.529. The summed E-state index contributed by atoms with van der Waals surface area (Å²) in [6, 6.07) is 3.97. The Morgan fingerprint density at radius 2 is 2.36 bits per heavy atom. The summed E-state index contributed by atoms with van der Waals surface area (Å²) >= 11 is 0. The van der Waals surface area contributed by atoms with Crippen LogP contribution in [0.4, 0.5) is 0 Å². The average Bonchev–Trinajstić information content (AvgIpc) is 2.59. The Morgan fingerprint density at radius 1 is 1.57 bits per heavy atom. The molecule has 4 heteroatoms. The molecule has 0 aliphatic rings. The van der Waals surface area contributed by atoms with Gasteiger partial charge >= 0.3 is 0 Å². The number of nitrogens with zero attached hydrogens (tertiary/aromatic N) is 3. The van der Waals surface area contributed by atoms with Gasteiger partial charge in [0.25, 0.3) is 0 Å². The van der Waals surface area contributed by atoms with Gasteiger partial charge in [-0.15, -0.1) is 0 Å². The van der Waals surface area contributed by atoms with Crippen LogP contribution in [0.2, 0.25) is 0 Å². The highest BCUT2D eigenvalue weighted by Crippen LogP contribution is 2.23. The van der Waals surface area contributed by atoms with Crippen molar-refractivity contribution in [2.24, 2.45) is 0 Å². The molecule has 0 amide bonds. The molecule has 2 heterocycles. The lowest BCUT2D eigenvalue weighted by Gasteiger charge is -2.04. The number of ether oxygens (including phenoxy) is 1. The Labute approximate surface area is 81.3 Å². The van der Waals surface area contributed by atoms with Crippen molar-refractivity contribution in [2.45, 2.75) is 6.92 Å². The Balaban J connectivity index is 2.87. The van der Waals surface area contributed by atoms with Crippen LogP contribution >= 0.6 is 0 Å². The van der Waals surface area contributed by atoms with E-state index in [9.17, 15) is 0 Å². The molecule has 2 rings (SSSR count). The zero-order valence-corrected chi connectivity index (χ0v) is 7.98. The SMILES string of the molecule is COc1cc(C)cn2ncc(C#N)c12. The molecule has 0 unspecified atom stereocenters. The Bertz CT molecular complexity index is 522. The van der Waals surface area contributed by atoms with Gasteiger partial charge in [-0.05, 0) is 18.6 Å². The number of aryl methyl sites for hydroxylation is 1. The Morgan fingerprint density at radius 3 is 3.00 bits per heavy atom. The highest BCUT2D eigenvalue weighted by molar-refractivity contribution is 5.69. The molecule has 0 aliphatic heterocycles. The lowest BCUT2D eigenvalue weighted by Crippen LogP contribution is -1.93. The van der Waals surface area contributed by atoms with Crippen molar-refractivity contribution in [2.75, 3.05) is 7.11 Å². The zero-order chi connectivity index (χ0) is 10.1. The zero-order valence-electron chi connectivity index (χ0n) is 7.98. The summed E-state index contributed by atoms with van der Waals surface area (Å²) in [5.41, 5.74) is 2.30. The molecule has 0 bridgehead atoms. The maximum atomic E-state index is 8.85. The van der Waals surface area contributed by atoms with Crippen molar-refractivity contribution < 1.29 is 4.74 Å². The number of fused-ring (bicyclic) bond motifs is 1. The number of aromatic nitrogens is 2. The minimum Gasteiger partial charge on any atom is -0.494 e. The maximum Gasteiger partial charge on any atom is 0.146 e. The van der Waals surface area contributed by atoms with E-state index in [1.807, 2.05) is 19.2 Å². The van der Waals surface area contributed by atoms with E-state index in [0.29, 0.717) is 11.3 Å². The predicted molar refractivity (Wildman–Crippen MR) is 51.2 cm³/mol. The van der Waals surface area contributed by atoms with Gasteiger partial charge in [-0.1, -0.05) is 0 Å². The highest BCUT2D eigenvalue weighted by Gasteiger charge is 2.09. The minimum atomic E-state index is 0.529. The fourth-order valence-electron chi connectivity index (χ4n) is 1.45. The standard InChI is InChI=1S/C10H9N3O/c1-7-3-9(14-2)10-8(4-11)5-12-13(10)6-7/h3,5-6H,1-2H3. The molecule has 4 nitrogen and oxygen atoms in total. The van der Waals surface area contributed by atoms with Crippen LogP contribution in [0, 0.1) is 18.3 Å². The maximum absolute atomic E-state index is 8.85. The monoisotopic (exact) mass is 187 g/mol. The first-order chi connectivity index (χ1) is 6.76. The van der Waals surface area contributed by atoms with Crippen LogP contribution in [0.25, 0.3) is 5.52 Å². The van der Waals surface area contributed by atoms with E-state index in [0.717, 1.165) is 11.1 Å². The second-order valence-electron chi connectivity index (χ2n) is 3.05. The lowest BCUT2D eigenvalue weighted by atomic mass is 10.2. The largest absolute Gasteiger partial charge is 0.494 e. The third-order valence-electron chi connectivity index (χ3n) is 2.05. The molecule has 0 saturated heterocycles. The van der Waals surface area contributed by atoms with Gasteiger partial charge in [-0.25, -0.2) is 4.52 Å². The van der Waals surface area contributed by atoms with Crippen LogP contribution in [0.5, 0.6) is 5.75 Å². The summed E-state index contributed by atoms with van der Waals surface area (Å²) in [6.45, 7) is 1.95. The van der Waals surface area contributed by atoms with Gasteiger partial charge < -0.3 is 4.74 Å². The predicted octanol–water partition coefficient (Wildman–Crippen LogP) is 1.52. The molecule has 0 N–H and O–H groups in total. The van der Waals surface area contributed by atoms with Crippen molar-refractivity contribution in [1.82, 2.24) is 9.61 Å². The van der Waals surface area contributed by atoms with E-state index in [1.165, 1.54) is 6.20 Å². The van der Waals surface area contributed by atoms with Gasteiger partial charge in [0, 0.05) is 6.20 Å².